The van der Waals surface area contributed by atoms with Crippen molar-refractivity contribution in [1.82, 2.24) is 20.1 Å². The number of aryl methyl sites for hydroxylation is 1. The summed E-state index contributed by atoms with van der Waals surface area (Å²) >= 11 is 1.69. The van der Waals surface area contributed by atoms with E-state index in [2.05, 4.69) is 33.9 Å². The van der Waals surface area contributed by atoms with E-state index < -0.39 is 0 Å². The SMILES string of the molecule is Cc1csc(CNC(C)c2cnn(-c3ccccc3)c2)n1. The molecule has 1 atom stereocenters. The van der Waals surface area contributed by atoms with Crippen LogP contribution in [0.4, 0.5) is 0 Å². The number of para-hydroxylation sites is 1. The minimum Gasteiger partial charge on any atom is -0.304 e. The molecular weight excluding hydrogens is 280 g/mol. The van der Waals surface area contributed by atoms with Gasteiger partial charge in [0.05, 0.1) is 11.9 Å². The molecule has 0 spiro atoms. The number of hydrogen-bond donors (Lipinski definition) is 1. The summed E-state index contributed by atoms with van der Waals surface area (Å²) in [5.74, 6) is 0. The molecule has 0 fully saturated rings. The summed E-state index contributed by atoms with van der Waals surface area (Å²) < 4.78 is 1.90. The fourth-order valence-electron chi connectivity index (χ4n) is 2.12. The Balaban J connectivity index is 1.65. The van der Waals surface area contributed by atoms with Crippen molar-refractivity contribution < 1.29 is 0 Å². The van der Waals surface area contributed by atoms with Gasteiger partial charge in [0, 0.05) is 35.4 Å². The van der Waals surface area contributed by atoms with E-state index in [0.29, 0.717) is 0 Å². The molecule has 0 saturated heterocycles. The molecule has 0 saturated carbocycles. The largest absolute Gasteiger partial charge is 0.304 e. The molecular formula is C16H18N4S. The van der Waals surface area contributed by atoms with Gasteiger partial charge in [0.1, 0.15) is 5.01 Å². The van der Waals surface area contributed by atoms with Gasteiger partial charge in [-0.1, -0.05) is 18.2 Å². The first-order valence-corrected chi connectivity index (χ1v) is 7.85. The molecule has 1 unspecified atom stereocenters. The van der Waals surface area contributed by atoms with Gasteiger partial charge in [-0.3, -0.25) is 0 Å². The summed E-state index contributed by atoms with van der Waals surface area (Å²) in [6, 6.07) is 10.4. The molecule has 0 aliphatic carbocycles. The minimum atomic E-state index is 0.242. The zero-order chi connectivity index (χ0) is 14.7. The Bertz CT molecular complexity index is 702. The fourth-order valence-corrected chi connectivity index (χ4v) is 2.85. The van der Waals surface area contributed by atoms with E-state index in [4.69, 9.17) is 0 Å². The van der Waals surface area contributed by atoms with Crippen molar-refractivity contribution in [2.24, 2.45) is 0 Å². The van der Waals surface area contributed by atoms with Gasteiger partial charge < -0.3 is 5.32 Å². The smallest absolute Gasteiger partial charge is 0.107 e. The summed E-state index contributed by atoms with van der Waals surface area (Å²) in [5, 5.41) is 11.1. The number of nitrogens with one attached hydrogen (secondary N) is 1. The van der Waals surface area contributed by atoms with Gasteiger partial charge in [0.25, 0.3) is 0 Å². The van der Waals surface area contributed by atoms with Crippen LogP contribution in [0.2, 0.25) is 0 Å². The molecule has 0 amide bonds. The van der Waals surface area contributed by atoms with Gasteiger partial charge in [-0.25, -0.2) is 9.67 Å². The van der Waals surface area contributed by atoms with Crippen molar-refractivity contribution in [3.05, 3.63) is 64.4 Å². The Kier molecular flexibility index (Phi) is 4.13. The van der Waals surface area contributed by atoms with Crippen LogP contribution < -0.4 is 5.32 Å². The molecule has 1 aromatic carbocycles. The fraction of sp³-hybridized carbons (Fsp3) is 0.250. The van der Waals surface area contributed by atoms with Crippen LogP contribution in [0.3, 0.4) is 0 Å². The van der Waals surface area contributed by atoms with Crippen LogP contribution >= 0.6 is 11.3 Å². The van der Waals surface area contributed by atoms with E-state index in [1.165, 1.54) is 5.56 Å². The van der Waals surface area contributed by atoms with Crippen LogP contribution in [0.15, 0.2) is 48.1 Å². The van der Waals surface area contributed by atoms with Crippen molar-refractivity contribution >= 4 is 11.3 Å². The molecule has 0 bridgehead atoms. The monoisotopic (exact) mass is 298 g/mol. The van der Waals surface area contributed by atoms with Gasteiger partial charge in [0.15, 0.2) is 0 Å². The molecule has 4 nitrogen and oxygen atoms in total. The van der Waals surface area contributed by atoms with Crippen molar-refractivity contribution in [3.63, 3.8) is 0 Å². The molecule has 0 aliphatic heterocycles. The topological polar surface area (TPSA) is 42.7 Å². The Hall–Kier alpha value is -1.98. The van der Waals surface area contributed by atoms with Crippen molar-refractivity contribution in [3.8, 4) is 5.69 Å². The third kappa shape index (κ3) is 3.37. The lowest BCUT2D eigenvalue weighted by Crippen LogP contribution is -2.17. The van der Waals surface area contributed by atoms with Crippen LogP contribution in [0, 0.1) is 6.92 Å². The first kappa shape index (κ1) is 14.0. The average molecular weight is 298 g/mol. The van der Waals surface area contributed by atoms with Crippen LogP contribution in [0.5, 0.6) is 0 Å². The number of hydrogen-bond acceptors (Lipinski definition) is 4. The van der Waals surface area contributed by atoms with Crippen LogP contribution in [-0.2, 0) is 6.54 Å². The van der Waals surface area contributed by atoms with E-state index in [1.54, 1.807) is 11.3 Å². The van der Waals surface area contributed by atoms with Crippen LogP contribution in [0.1, 0.15) is 29.2 Å². The standard InChI is InChI=1S/C16H18N4S/c1-12-11-21-16(19-12)9-17-13(2)14-8-18-20(10-14)15-6-4-3-5-7-15/h3-8,10-11,13,17H,9H2,1-2H3. The summed E-state index contributed by atoms with van der Waals surface area (Å²) in [6.07, 6.45) is 3.98. The summed E-state index contributed by atoms with van der Waals surface area (Å²) in [4.78, 5) is 4.46. The lowest BCUT2D eigenvalue weighted by Gasteiger charge is -2.10. The van der Waals surface area contributed by atoms with Gasteiger partial charge in [-0.05, 0) is 26.0 Å². The van der Waals surface area contributed by atoms with Gasteiger partial charge >= 0.3 is 0 Å². The van der Waals surface area contributed by atoms with E-state index in [-0.39, 0.29) is 6.04 Å². The molecule has 2 aromatic heterocycles. The van der Waals surface area contributed by atoms with Gasteiger partial charge in [-0.15, -0.1) is 11.3 Å². The molecule has 0 aliphatic rings. The van der Waals surface area contributed by atoms with Gasteiger partial charge in [0.2, 0.25) is 0 Å². The number of rotatable bonds is 5. The quantitative estimate of drug-likeness (QED) is 0.784. The lowest BCUT2D eigenvalue weighted by molar-refractivity contribution is 0.572. The normalized spacial score (nSPS) is 12.5. The summed E-state index contributed by atoms with van der Waals surface area (Å²) in [6.45, 7) is 4.95. The molecule has 21 heavy (non-hydrogen) atoms. The number of nitrogens with zero attached hydrogens (tertiary/aromatic N) is 3. The molecule has 2 heterocycles. The van der Waals surface area contributed by atoms with Crippen LogP contribution in [0.25, 0.3) is 5.69 Å². The predicted molar refractivity (Wildman–Crippen MR) is 85.7 cm³/mol. The second kappa shape index (κ2) is 6.20. The zero-order valence-electron chi connectivity index (χ0n) is 12.2. The molecule has 108 valence electrons. The maximum atomic E-state index is 4.46. The average Bonchev–Trinajstić information content (AvgIpc) is 3.15. The highest BCUT2D eigenvalue weighted by Gasteiger charge is 2.09. The third-order valence-corrected chi connectivity index (χ3v) is 4.32. The Labute approximate surface area is 128 Å². The number of benzene rings is 1. The minimum absolute atomic E-state index is 0.242. The second-order valence-corrected chi connectivity index (χ2v) is 5.98. The molecule has 3 rings (SSSR count). The predicted octanol–water partition coefficient (Wildman–Crippen LogP) is 3.49. The van der Waals surface area contributed by atoms with Crippen molar-refractivity contribution in [2.75, 3.05) is 0 Å². The highest BCUT2D eigenvalue weighted by Crippen LogP contribution is 2.16. The second-order valence-electron chi connectivity index (χ2n) is 5.04. The van der Waals surface area contributed by atoms with E-state index in [9.17, 15) is 0 Å². The first-order valence-electron chi connectivity index (χ1n) is 6.97. The van der Waals surface area contributed by atoms with Gasteiger partial charge in [-0.2, -0.15) is 5.10 Å². The number of aromatic nitrogens is 3. The molecule has 1 N–H and O–H groups in total. The maximum Gasteiger partial charge on any atom is 0.107 e. The lowest BCUT2D eigenvalue weighted by atomic mass is 10.2. The van der Waals surface area contributed by atoms with Crippen LogP contribution in [-0.4, -0.2) is 14.8 Å². The Morgan fingerprint density at radius 2 is 2.10 bits per heavy atom. The molecule has 3 aromatic rings. The van der Waals surface area contributed by atoms with E-state index in [1.807, 2.05) is 48.1 Å². The molecule has 0 radical (unpaired) electrons. The Morgan fingerprint density at radius 1 is 1.29 bits per heavy atom. The van der Waals surface area contributed by atoms with Crippen molar-refractivity contribution in [1.29, 1.82) is 0 Å². The maximum absolute atomic E-state index is 4.46. The third-order valence-electron chi connectivity index (χ3n) is 3.35. The zero-order valence-corrected chi connectivity index (χ0v) is 13.0. The summed E-state index contributed by atoms with van der Waals surface area (Å²) in [5.41, 5.74) is 3.33. The summed E-state index contributed by atoms with van der Waals surface area (Å²) in [7, 11) is 0. The van der Waals surface area contributed by atoms with E-state index in [0.717, 1.165) is 22.9 Å². The number of thiazole rings is 1. The highest BCUT2D eigenvalue weighted by molar-refractivity contribution is 7.09. The molecule has 5 heteroatoms. The van der Waals surface area contributed by atoms with E-state index >= 15 is 0 Å². The van der Waals surface area contributed by atoms with Crippen molar-refractivity contribution in [2.45, 2.75) is 26.4 Å². The first-order chi connectivity index (χ1) is 10.2. The highest BCUT2D eigenvalue weighted by atomic mass is 32.1. The Morgan fingerprint density at radius 3 is 2.81 bits per heavy atom.